The van der Waals surface area contributed by atoms with Gasteiger partial charge in [0, 0.05) is 12.1 Å². The molecule has 2 atom stereocenters. The minimum absolute atomic E-state index is 0.453. The van der Waals surface area contributed by atoms with Crippen LogP contribution in [0.3, 0.4) is 0 Å². The van der Waals surface area contributed by atoms with Gasteiger partial charge in [-0.05, 0) is 50.8 Å². The molecule has 0 radical (unpaired) electrons. The van der Waals surface area contributed by atoms with Gasteiger partial charge in [-0.3, -0.25) is 0 Å². The number of hydrogen-bond donors (Lipinski definition) is 2. The summed E-state index contributed by atoms with van der Waals surface area (Å²) in [5.41, 5.74) is 1.11. The maximum absolute atomic E-state index is 5.89. The molecule has 3 nitrogen and oxygen atoms in total. The van der Waals surface area contributed by atoms with E-state index in [0.29, 0.717) is 18.0 Å². The Hall–Kier alpha value is -1.22. The molecule has 1 aromatic carbocycles. The quantitative estimate of drug-likeness (QED) is 0.797. The Balaban J connectivity index is 1.90. The van der Waals surface area contributed by atoms with E-state index in [0.717, 1.165) is 18.0 Å². The minimum Gasteiger partial charge on any atom is -0.491 e. The minimum atomic E-state index is 0.453. The van der Waals surface area contributed by atoms with E-state index in [1.807, 2.05) is 12.1 Å². The molecule has 1 fully saturated rings. The molecule has 20 heavy (non-hydrogen) atoms. The zero-order valence-electron chi connectivity index (χ0n) is 13.0. The van der Waals surface area contributed by atoms with E-state index in [1.165, 1.54) is 25.8 Å². The van der Waals surface area contributed by atoms with E-state index in [4.69, 9.17) is 4.74 Å². The number of para-hydroxylation sites is 2. The fraction of sp³-hybridized carbons (Fsp3) is 0.647. The average molecular weight is 276 g/mol. The van der Waals surface area contributed by atoms with Crippen LogP contribution in [0.5, 0.6) is 5.75 Å². The first kappa shape index (κ1) is 15.2. The normalized spacial score (nSPS) is 20.1. The van der Waals surface area contributed by atoms with E-state index in [1.54, 1.807) is 0 Å². The van der Waals surface area contributed by atoms with E-state index < -0.39 is 0 Å². The van der Waals surface area contributed by atoms with Crippen LogP contribution in [-0.2, 0) is 0 Å². The lowest BCUT2D eigenvalue weighted by Crippen LogP contribution is -2.29. The van der Waals surface area contributed by atoms with Gasteiger partial charge < -0.3 is 15.4 Å². The summed E-state index contributed by atoms with van der Waals surface area (Å²) < 4.78 is 5.89. The molecule has 0 amide bonds. The molecule has 0 aliphatic carbocycles. The molecular formula is C17H28N2O. The second-order valence-corrected chi connectivity index (χ2v) is 6.28. The Morgan fingerprint density at radius 2 is 2.10 bits per heavy atom. The topological polar surface area (TPSA) is 33.3 Å². The highest BCUT2D eigenvalue weighted by atomic mass is 16.5. The van der Waals surface area contributed by atoms with Gasteiger partial charge in [-0.25, -0.2) is 0 Å². The fourth-order valence-electron chi connectivity index (χ4n) is 2.68. The van der Waals surface area contributed by atoms with Gasteiger partial charge in [0.25, 0.3) is 0 Å². The van der Waals surface area contributed by atoms with Crippen LogP contribution in [0.1, 0.15) is 40.0 Å². The van der Waals surface area contributed by atoms with Gasteiger partial charge in [-0.2, -0.15) is 0 Å². The van der Waals surface area contributed by atoms with Crippen molar-refractivity contribution in [1.29, 1.82) is 0 Å². The van der Waals surface area contributed by atoms with Gasteiger partial charge >= 0.3 is 0 Å². The van der Waals surface area contributed by atoms with Crippen molar-refractivity contribution in [2.24, 2.45) is 5.92 Å². The third-order valence-electron chi connectivity index (χ3n) is 3.66. The molecule has 0 spiro atoms. The molecule has 112 valence electrons. The van der Waals surface area contributed by atoms with Gasteiger partial charge in [0.15, 0.2) is 0 Å². The van der Waals surface area contributed by atoms with Crippen molar-refractivity contribution in [2.45, 2.75) is 52.1 Å². The lowest BCUT2D eigenvalue weighted by atomic mass is 10.1. The summed E-state index contributed by atoms with van der Waals surface area (Å²) in [4.78, 5) is 0. The number of benzene rings is 1. The Labute approximate surface area is 123 Å². The van der Waals surface area contributed by atoms with Crippen LogP contribution in [0, 0.1) is 5.92 Å². The molecule has 2 unspecified atom stereocenters. The molecule has 1 heterocycles. The maximum atomic E-state index is 5.89. The Kier molecular flexibility index (Phi) is 5.72. The molecular weight excluding hydrogens is 248 g/mol. The van der Waals surface area contributed by atoms with E-state index in [2.05, 4.69) is 43.5 Å². The summed E-state index contributed by atoms with van der Waals surface area (Å²) in [6, 6.07) is 9.37. The van der Waals surface area contributed by atoms with Crippen molar-refractivity contribution in [3.8, 4) is 5.75 Å². The van der Waals surface area contributed by atoms with Crippen LogP contribution in [0.25, 0.3) is 0 Å². The summed E-state index contributed by atoms with van der Waals surface area (Å²) in [6.07, 6.45) is 3.78. The number of rotatable bonds is 7. The number of anilines is 1. The largest absolute Gasteiger partial charge is 0.491 e. The third-order valence-corrected chi connectivity index (χ3v) is 3.66. The number of hydrogen-bond acceptors (Lipinski definition) is 3. The Morgan fingerprint density at radius 3 is 2.80 bits per heavy atom. The van der Waals surface area contributed by atoms with Gasteiger partial charge in [-0.15, -0.1) is 0 Å². The predicted octanol–water partition coefficient (Wildman–Crippen LogP) is 3.66. The first-order valence-electron chi connectivity index (χ1n) is 7.87. The monoisotopic (exact) mass is 276 g/mol. The molecule has 1 saturated heterocycles. The smallest absolute Gasteiger partial charge is 0.142 e. The third kappa shape index (κ3) is 4.71. The number of ether oxygens (including phenoxy) is 1. The summed E-state index contributed by atoms with van der Waals surface area (Å²) in [7, 11) is 0. The second kappa shape index (κ2) is 7.53. The summed E-state index contributed by atoms with van der Waals surface area (Å²) >= 11 is 0. The first-order valence-corrected chi connectivity index (χ1v) is 7.87. The summed E-state index contributed by atoms with van der Waals surface area (Å²) in [6.45, 7) is 8.52. The van der Waals surface area contributed by atoms with Crippen LogP contribution < -0.4 is 15.4 Å². The lowest BCUT2D eigenvalue weighted by molar-refractivity contribution is 0.272. The summed E-state index contributed by atoms with van der Waals surface area (Å²) in [5.74, 6) is 1.51. The van der Waals surface area contributed by atoms with Gasteiger partial charge in [0.2, 0.25) is 0 Å². The average Bonchev–Trinajstić information content (AvgIpc) is 2.90. The van der Waals surface area contributed by atoms with Crippen molar-refractivity contribution in [1.82, 2.24) is 5.32 Å². The van der Waals surface area contributed by atoms with Crippen LogP contribution in [0.2, 0.25) is 0 Å². The maximum Gasteiger partial charge on any atom is 0.142 e. The molecule has 2 N–H and O–H groups in total. The Morgan fingerprint density at radius 1 is 1.30 bits per heavy atom. The Bertz CT molecular complexity index is 400. The standard InChI is InChI=1S/C17H28N2O/c1-13(2)12-20-17-9-5-4-8-16(17)19-14(3)11-15-7-6-10-18-15/h4-5,8-9,13-15,18-19H,6-7,10-12H2,1-3H3. The first-order chi connectivity index (χ1) is 9.65. The van der Waals surface area contributed by atoms with Gasteiger partial charge in [-0.1, -0.05) is 26.0 Å². The predicted molar refractivity (Wildman–Crippen MR) is 85.5 cm³/mol. The molecule has 0 bridgehead atoms. The molecule has 3 heteroatoms. The van der Waals surface area contributed by atoms with E-state index >= 15 is 0 Å². The second-order valence-electron chi connectivity index (χ2n) is 6.28. The zero-order chi connectivity index (χ0) is 14.4. The zero-order valence-corrected chi connectivity index (χ0v) is 13.0. The van der Waals surface area contributed by atoms with Crippen molar-refractivity contribution in [2.75, 3.05) is 18.5 Å². The molecule has 0 saturated carbocycles. The number of nitrogens with one attached hydrogen (secondary N) is 2. The van der Waals surface area contributed by atoms with Crippen molar-refractivity contribution in [3.05, 3.63) is 24.3 Å². The fourth-order valence-corrected chi connectivity index (χ4v) is 2.68. The molecule has 1 aliphatic rings. The SMILES string of the molecule is CC(C)COc1ccccc1NC(C)CC1CCCN1. The van der Waals surface area contributed by atoms with E-state index in [-0.39, 0.29) is 0 Å². The molecule has 1 aliphatic heterocycles. The molecule has 2 rings (SSSR count). The van der Waals surface area contributed by atoms with Crippen molar-refractivity contribution < 1.29 is 4.74 Å². The summed E-state index contributed by atoms with van der Waals surface area (Å²) in [5, 5.41) is 7.15. The van der Waals surface area contributed by atoms with Crippen LogP contribution in [0.4, 0.5) is 5.69 Å². The van der Waals surface area contributed by atoms with Crippen LogP contribution in [0.15, 0.2) is 24.3 Å². The van der Waals surface area contributed by atoms with E-state index in [9.17, 15) is 0 Å². The van der Waals surface area contributed by atoms with Crippen LogP contribution >= 0.6 is 0 Å². The molecule has 0 aromatic heterocycles. The lowest BCUT2D eigenvalue weighted by Gasteiger charge is -2.21. The highest BCUT2D eigenvalue weighted by molar-refractivity contribution is 5.56. The van der Waals surface area contributed by atoms with Gasteiger partial charge in [0.1, 0.15) is 5.75 Å². The highest BCUT2D eigenvalue weighted by Gasteiger charge is 2.17. The van der Waals surface area contributed by atoms with Crippen LogP contribution in [-0.4, -0.2) is 25.2 Å². The molecule has 1 aromatic rings. The van der Waals surface area contributed by atoms with Crippen molar-refractivity contribution >= 4 is 5.69 Å². The van der Waals surface area contributed by atoms with Crippen molar-refractivity contribution in [3.63, 3.8) is 0 Å². The highest BCUT2D eigenvalue weighted by Crippen LogP contribution is 2.26. The van der Waals surface area contributed by atoms with Gasteiger partial charge in [0.05, 0.1) is 12.3 Å².